The van der Waals surface area contributed by atoms with Gasteiger partial charge in [0.1, 0.15) is 35.8 Å². The number of cyclic esters (lactones) is 1. The first-order chi connectivity index (χ1) is 26.0. The van der Waals surface area contributed by atoms with Crippen molar-refractivity contribution in [1.29, 1.82) is 0 Å². The van der Waals surface area contributed by atoms with E-state index in [-0.39, 0.29) is 43.8 Å². The number of phenols is 1. The number of esters is 1. The summed E-state index contributed by atoms with van der Waals surface area (Å²) >= 11 is 0. The molecule has 1 aromatic rings. The third-order valence-corrected chi connectivity index (χ3v) is 10.3. The molecule has 0 radical (unpaired) electrons. The van der Waals surface area contributed by atoms with Gasteiger partial charge in [0.2, 0.25) is 11.8 Å². The summed E-state index contributed by atoms with van der Waals surface area (Å²) in [6.45, 7) is 8.81. The number of nitrogens with one attached hydrogen (secondary N) is 2. The number of fused-ring (bicyclic) bond motifs is 2. The maximum absolute atomic E-state index is 14.4. The molecule has 3 rings (SSSR count). The highest BCUT2D eigenvalue weighted by molar-refractivity contribution is 5.93. The van der Waals surface area contributed by atoms with Crippen LogP contribution in [0, 0.1) is 17.8 Å². The van der Waals surface area contributed by atoms with E-state index in [0.29, 0.717) is 25.0 Å². The Hall–Kier alpha value is -4.37. The number of Topliss-reactive ketones (excluding diaryl/α,β-unsaturated/α-hetero) is 1. The highest BCUT2D eigenvalue weighted by Gasteiger charge is 2.40. The quantitative estimate of drug-likeness (QED) is 0.183. The van der Waals surface area contributed by atoms with E-state index in [1.54, 1.807) is 65.3 Å². The lowest BCUT2D eigenvalue weighted by atomic mass is 9.84. The maximum atomic E-state index is 14.4. The van der Waals surface area contributed by atoms with Crippen LogP contribution in [0.2, 0.25) is 0 Å². The predicted molar refractivity (Wildman–Crippen MR) is 206 cm³/mol. The molecule has 1 saturated heterocycles. The number of methoxy groups -OCH3 is 1. The van der Waals surface area contributed by atoms with Crippen LogP contribution in [0.4, 0.5) is 0 Å². The van der Waals surface area contributed by atoms with Crippen LogP contribution in [0.25, 0.3) is 0 Å². The number of aliphatic hydroxyl groups excluding tert-OH is 2. The van der Waals surface area contributed by atoms with Gasteiger partial charge in [0.05, 0.1) is 24.7 Å². The smallest absolute Gasteiger partial charge is 0.325 e. The molecule has 2 aliphatic heterocycles. The molecule has 14 heteroatoms. The van der Waals surface area contributed by atoms with Gasteiger partial charge in [0, 0.05) is 45.9 Å². The van der Waals surface area contributed by atoms with E-state index in [1.165, 1.54) is 35.2 Å². The number of hydrazine groups is 1. The summed E-state index contributed by atoms with van der Waals surface area (Å²) in [5.41, 5.74) is 1.31. The summed E-state index contributed by atoms with van der Waals surface area (Å²) in [4.78, 5) is 68.2. The van der Waals surface area contributed by atoms with E-state index in [0.717, 1.165) is 5.57 Å². The molecule has 2 aliphatic rings. The Morgan fingerprint density at radius 2 is 1.82 bits per heavy atom. The molecule has 0 saturated carbocycles. The van der Waals surface area contributed by atoms with Gasteiger partial charge in [0.25, 0.3) is 5.91 Å². The zero-order valence-electron chi connectivity index (χ0n) is 33.1. The van der Waals surface area contributed by atoms with Crippen molar-refractivity contribution in [3.05, 3.63) is 65.8 Å². The van der Waals surface area contributed by atoms with Gasteiger partial charge in [-0.15, -0.1) is 0 Å². The highest BCUT2D eigenvalue weighted by Crippen LogP contribution is 2.25. The third kappa shape index (κ3) is 13.1. The van der Waals surface area contributed by atoms with Crippen LogP contribution in [0.15, 0.2) is 60.2 Å². The Balaban J connectivity index is 2.10. The van der Waals surface area contributed by atoms with Crippen LogP contribution >= 0.6 is 0 Å². The fraction of sp³-hybridized carbons (Fsp3) is 0.585. The first kappa shape index (κ1) is 45.0. The van der Waals surface area contributed by atoms with Crippen LogP contribution in [0.1, 0.15) is 72.3 Å². The topological polar surface area (TPSA) is 195 Å². The second-order valence-corrected chi connectivity index (χ2v) is 14.9. The SMILES string of the molecule is COC/C=C(\C)C1C/C=C/C=C/C(O)[C@H](C)[C@@H](O)[C@@H](CCC(C)=O)C(=O)N[C@@H](C(C)C)C(=O)NC(Cc2cccc(O)c2)C(=O)N2CCC[C@@H](C(=O)O1)N2C. The minimum atomic E-state index is -1.39. The number of aliphatic hydroxyl groups is 2. The largest absolute Gasteiger partial charge is 0.508 e. The number of ketones is 1. The van der Waals surface area contributed by atoms with Crippen molar-refractivity contribution in [1.82, 2.24) is 20.7 Å². The fourth-order valence-electron chi connectivity index (χ4n) is 6.75. The van der Waals surface area contributed by atoms with E-state index in [1.807, 2.05) is 13.0 Å². The summed E-state index contributed by atoms with van der Waals surface area (Å²) in [7, 11) is 3.18. The number of hydrogen-bond acceptors (Lipinski definition) is 11. The molecule has 1 aromatic carbocycles. The number of hydrogen-bond donors (Lipinski definition) is 5. The number of phenolic OH excluding ortho intramolecular Hbond substituents is 1. The zero-order valence-corrected chi connectivity index (χ0v) is 33.1. The van der Waals surface area contributed by atoms with E-state index in [9.17, 15) is 39.3 Å². The number of aromatic hydroxyl groups is 1. The van der Waals surface area contributed by atoms with Crippen molar-refractivity contribution in [2.45, 2.75) is 110 Å². The van der Waals surface area contributed by atoms with Crippen molar-refractivity contribution in [3.8, 4) is 5.75 Å². The van der Waals surface area contributed by atoms with E-state index >= 15 is 0 Å². The molecule has 0 aliphatic carbocycles. The zero-order chi connectivity index (χ0) is 40.8. The van der Waals surface area contributed by atoms with Gasteiger partial charge in [0.15, 0.2) is 0 Å². The highest BCUT2D eigenvalue weighted by atomic mass is 16.5. The maximum Gasteiger partial charge on any atom is 0.325 e. The number of carbonyl (C=O) groups is 5. The average molecular weight is 769 g/mol. The van der Waals surface area contributed by atoms with Gasteiger partial charge >= 0.3 is 5.97 Å². The summed E-state index contributed by atoms with van der Waals surface area (Å²) in [5.74, 6) is -5.06. The first-order valence-electron chi connectivity index (χ1n) is 19.0. The van der Waals surface area contributed by atoms with Crippen molar-refractivity contribution in [2.24, 2.45) is 17.8 Å². The summed E-state index contributed by atoms with van der Waals surface area (Å²) in [5, 5.41) is 41.2. The minimum Gasteiger partial charge on any atom is -0.508 e. The van der Waals surface area contributed by atoms with E-state index < -0.39 is 77.9 Å². The molecule has 8 atom stereocenters. The number of amides is 3. The Labute approximate surface area is 324 Å². The second-order valence-electron chi connectivity index (χ2n) is 14.9. The lowest BCUT2D eigenvalue weighted by Gasteiger charge is -2.42. The first-order valence-corrected chi connectivity index (χ1v) is 19.0. The Kier molecular flexibility index (Phi) is 17.7. The molecule has 304 valence electrons. The number of benzene rings is 1. The predicted octanol–water partition coefficient (Wildman–Crippen LogP) is 2.76. The van der Waals surface area contributed by atoms with Crippen LogP contribution in [-0.4, -0.2) is 119 Å². The number of carbonyl (C=O) groups excluding carboxylic acids is 5. The Bertz CT molecular complexity index is 1580. The van der Waals surface area contributed by atoms with E-state index in [4.69, 9.17) is 9.47 Å². The summed E-state index contributed by atoms with van der Waals surface area (Å²) in [6, 6.07) is 3.16. The van der Waals surface area contributed by atoms with Gasteiger partial charge in [-0.2, -0.15) is 0 Å². The monoisotopic (exact) mass is 768 g/mol. The summed E-state index contributed by atoms with van der Waals surface area (Å²) < 4.78 is 11.3. The number of rotatable bonds is 9. The average Bonchev–Trinajstić information content (AvgIpc) is 3.13. The minimum absolute atomic E-state index is 0.0100. The molecular weight excluding hydrogens is 708 g/mol. The number of ether oxygens (including phenoxy) is 2. The summed E-state index contributed by atoms with van der Waals surface area (Å²) in [6.07, 6.45) is 6.26. The Morgan fingerprint density at radius 3 is 2.47 bits per heavy atom. The number of nitrogens with zero attached hydrogens (tertiary/aromatic N) is 2. The van der Waals surface area contributed by atoms with Gasteiger partial charge in [-0.05, 0) is 62.3 Å². The molecule has 55 heavy (non-hydrogen) atoms. The molecule has 3 amide bonds. The Morgan fingerprint density at radius 1 is 1.09 bits per heavy atom. The van der Waals surface area contributed by atoms with E-state index in [2.05, 4.69) is 10.6 Å². The number of allylic oxidation sites excluding steroid dienone is 2. The van der Waals surface area contributed by atoms with Crippen molar-refractivity contribution >= 4 is 29.5 Å². The van der Waals surface area contributed by atoms with Crippen molar-refractivity contribution < 1.29 is 48.8 Å². The third-order valence-electron chi connectivity index (χ3n) is 10.3. The molecule has 5 N–H and O–H groups in total. The molecule has 2 bridgehead atoms. The molecule has 0 aromatic heterocycles. The normalized spacial score (nSPS) is 29.7. The van der Waals surface area contributed by atoms with Crippen molar-refractivity contribution in [3.63, 3.8) is 0 Å². The van der Waals surface area contributed by atoms with Crippen LogP contribution in [0.3, 0.4) is 0 Å². The molecular formula is C41H60N4O10. The van der Waals surface area contributed by atoms with Gasteiger partial charge in [-0.3, -0.25) is 24.2 Å². The fourth-order valence-corrected chi connectivity index (χ4v) is 6.75. The molecule has 14 nitrogen and oxygen atoms in total. The van der Waals surface area contributed by atoms with Crippen LogP contribution in [0.5, 0.6) is 5.75 Å². The molecule has 2 heterocycles. The van der Waals surface area contributed by atoms with Crippen LogP contribution in [-0.2, 0) is 39.9 Å². The lowest BCUT2D eigenvalue weighted by molar-refractivity contribution is -0.174. The van der Waals surface area contributed by atoms with Crippen LogP contribution < -0.4 is 10.6 Å². The standard InChI is InChI=1S/C41H60N4O10/c1-25(2)36-39(51)42-32(24-29-13-11-14-30(47)23-29)40(52)45-21-12-15-33(44(45)6)41(53)55-35(26(3)20-22-54-7)17-10-8-9-16-34(48)28(5)37(49)31(38(50)43-36)19-18-27(4)46/h8-11,13-14,16,20,23,25,28,31-37,47-49H,12,15,17-19,21-22,24H2,1-7H3,(H,42,51)(H,43,50)/b10-8+,16-9+,26-20+/t28-,31+,32?,33-,34?,35?,36-,37+/m0/s1. The second kappa shape index (κ2) is 21.6. The lowest BCUT2D eigenvalue weighted by Crippen LogP contribution is -2.62. The van der Waals surface area contributed by atoms with Gasteiger partial charge in [-0.25, -0.2) is 5.01 Å². The molecule has 0 spiro atoms. The van der Waals surface area contributed by atoms with Crippen molar-refractivity contribution in [2.75, 3.05) is 27.3 Å². The van der Waals surface area contributed by atoms with Gasteiger partial charge in [-0.1, -0.05) is 63.3 Å². The number of likely N-dealkylation sites (N-methyl/N-ethyl adjacent to an activating group) is 1. The van der Waals surface area contributed by atoms with Gasteiger partial charge < -0.3 is 40.2 Å². The molecule has 3 unspecified atom stereocenters. The molecule has 1 fully saturated rings.